The Kier molecular flexibility index (Phi) is 5.35. The van der Waals surface area contributed by atoms with Crippen LogP contribution < -0.4 is 5.32 Å². The van der Waals surface area contributed by atoms with E-state index in [1.165, 1.54) is 62.0 Å². The molecule has 0 bridgehead atoms. The van der Waals surface area contributed by atoms with Gasteiger partial charge in [0.25, 0.3) is 0 Å². The maximum Gasteiger partial charge on any atom is 0.0597 e. The van der Waals surface area contributed by atoms with Gasteiger partial charge in [0.1, 0.15) is 0 Å². The van der Waals surface area contributed by atoms with E-state index < -0.39 is 0 Å². The van der Waals surface area contributed by atoms with Crippen molar-refractivity contribution < 1.29 is 0 Å². The Labute approximate surface area is 191 Å². The Morgan fingerprint density at radius 3 is 1.75 bits per heavy atom. The highest BCUT2D eigenvalue weighted by atomic mass is 15.0. The largest absolute Gasteiger partial charge is 0.376 e. The van der Waals surface area contributed by atoms with Crippen molar-refractivity contribution in [3.63, 3.8) is 0 Å². The zero-order chi connectivity index (χ0) is 22.1. The molecule has 5 aromatic carbocycles. The number of hydrogen-bond donors (Lipinski definition) is 1. The lowest BCUT2D eigenvalue weighted by Gasteiger charge is -2.33. The molecule has 0 fully saturated rings. The second-order valence-electron chi connectivity index (χ2n) is 9.28. The van der Waals surface area contributed by atoms with Gasteiger partial charge >= 0.3 is 0 Å². The van der Waals surface area contributed by atoms with Crippen LogP contribution in [0.1, 0.15) is 44.2 Å². The molecule has 1 heteroatoms. The van der Waals surface area contributed by atoms with Crippen LogP contribution in [0.25, 0.3) is 32.3 Å². The quantitative estimate of drug-likeness (QED) is 0.272. The van der Waals surface area contributed by atoms with E-state index in [4.69, 9.17) is 0 Å². The van der Waals surface area contributed by atoms with Gasteiger partial charge in [-0.25, -0.2) is 0 Å². The van der Waals surface area contributed by atoms with Gasteiger partial charge in [-0.2, -0.15) is 0 Å². The molecule has 0 aliphatic carbocycles. The monoisotopic (exact) mass is 417 g/mol. The molecule has 1 atom stereocenters. The van der Waals surface area contributed by atoms with Crippen molar-refractivity contribution in [3.05, 3.63) is 102 Å². The van der Waals surface area contributed by atoms with E-state index in [9.17, 15) is 0 Å². The molecule has 0 aliphatic rings. The molecule has 5 aromatic rings. The first-order chi connectivity index (χ1) is 15.6. The Bertz CT molecular complexity index is 1360. The lowest BCUT2D eigenvalue weighted by molar-refractivity contribution is 0.472. The molecule has 0 spiro atoms. The van der Waals surface area contributed by atoms with E-state index >= 15 is 0 Å². The number of anilines is 1. The zero-order valence-electron chi connectivity index (χ0n) is 19.3. The average Bonchev–Trinajstić information content (AvgIpc) is 2.84. The molecule has 1 nitrogen and oxygen atoms in total. The van der Waals surface area contributed by atoms with Crippen molar-refractivity contribution in [2.75, 3.05) is 5.32 Å². The first-order valence-electron chi connectivity index (χ1n) is 11.8. The van der Waals surface area contributed by atoms with Gasteiger partial charge in [0.15, 0.2) is 0 Å². The standard InChI is InChI=1S/C31H31N/c1-4-5-20-31(3,32-24-17-14-22(2)15-18-24)23-16-19-29-27-12-7-6-10-25(27)26-11-8-9-13-28(26)30(29)21-23/h6-19,21,32H,4-5,20H2,1-3H3. The summed E-state index contributed by atoms with van der Waals surface area (Å²) in [7, 11) is 0. The third-order valence-electron chi connectivity index (χ3n) is 6.88. The summed E-state index contributed by atoms with van der Waals surface area (Å²) in [5.41, 5.74) is 3.68. The number of fused-ring (bicyclic) bond motifs is 6. The predicted octanol–water partition coefficient (Wildman–Crippen LogP) is 8.97. The van der Waals surface area contributed by atoms with Crippen LogP contribution in [0.5, 0.6) is 0 Å². The number of benzene rings is 5. The first kappa shape index (κ1) is 20.6. The number of rotatable bonds is 6. The second kappa shape index (κ2) is 8.31. The molecular formula is C31H31N. The molecule has 0 amide bonds. The highest BCUT2D eigenvalue weighted by molar-refractivity contribution is 6.25. The Balaban J connectivity index is 1.71. The van der Waals surface area contributed by atoms with E-state index in [1.54, 1.807) is 0 Å². The number of nitrogens with one attached hydrogen (secondary N) is 1. The summed E-state index contributed by atoms with van der Waals surface area (Å²) < 4.78 is 0. The third kappa shape index (κ3) is 3.62. The topological polar surface area (TPSA) is 12.0 Å². The van der Waals surface area contributed by atoms with Gasteiger partial charge in [0, 0.05) is 5.69 Å². The normalized spacial score (nSPS) is 13.5. The molecule has 1 N–H and O–H groups in total. The molecule has 0 aliphatic heterocycles. The molecule has 0 saturated carbocycles. The van der Waals surface area contributed by atoms with Crippen LogP contribution in [-0.4, -0.2) is 0 Å². The van der Waals surface area contributed by atoms with Gasteiger partial charge in [0.2, 0.25) is 0 Å². The summed E-state index contributed by atoms with van der Waals surface area (Å²) in [5, 5.41) is 11.9. The van der Waals surface area contributed by atoms with Crippen LogP contribution >= 0.6 is 0 Å². The van der Waals surface area contributed by atoms with Crippen molar-refractivity contribution in [2.24, 2.45) is 0 Å². The number of aryl methyl sites for hydroxylation is 1. The van der Waals surface area contributed by atoms with Crippen LogP contribution in [0.2, 0.25) is 0 Å². The van der Waals surface area contributed by atoms with Crippen molar-refractivity contribution in [1.82, 2.24) is 0 Å². The summed E-state index contributed by atoms with van der Waals surface area (Å²) in [4.78, 5) is 0. The van der Waals surface area contributed by atoms with Gasteiger partial charge in [0.05, 0.1) is 5.54 Å². The lowest BCUT2D eigenvalue weighted by Crippen LogP contribution is -2.31. The fourth-order valence-electron chi connectivity index (χ4n) is 5.02. The fraction of sp³-hybridized carbons (Fsp3) is 0.226. The Morgan fingerprint density at radius 2 is 1.19 bits per heavy atom. The van der Waals surface area contributed by atoms with Gasteiger partial charge in [-0.15, -0.1) is 0 Å². The van der Waals surface area contributed by atoms with Crippen LogP contribution in [0.3, 0.4) is 0 Å². The van der Waals surface area contributed by atoms with E-state index in [-0.39, 0.29) is 5.54 Å². The van der Waals surface area contributed by atoms with Crippen molar-refractivity contribution in [2.45, 2.75) is 45.6 Å². The SMILES string of the molecule is CCCCC(C)(Nc1ccc(C)cc1)c1ccc2c3ccccc3c3ccccc3c2c1. The number of unbranched alkanes of at least 4 members (excludes halogenated alkanes) is 1. The summed E-state index contributed by atoms with van der Waals surface area (Å²) in [6, 6.07) is 33.5. The number of hydrogen-bond acceptors (Lipinski definition) is 1. The fourth-order valence-corrected chi connectivity index (χ4v) is 5.02. The molecule has 0 aromatic heterocycles. The van der Waals surface area contributed by atoms with Crippen LogP contribution in [0.4, 0.5) is 5.69 Å². The maximum atomic E-state index is 3.88. The van der Waals surface area contributed by atoms with Gasteiger partial charge in [-0.05, 0) is 76.3 Å². The highest BCUT2D eigenvalue weighted by Gasteiger charge is 2.26. The molecule has 32 heavy (non-hydrogen) atoms. The van der Waals surface area contributed by atoms with E-state index in [0.717, 1.165) is 6.42 Å². The average molecular weight is 418 g/mol. The minimum Gasteiger partial charge on any atom is -0.376 e. The minimum atomic E-state index is -0.133. The van der Waals surface area contributed by atoms with E-state index in [2.05, 4.69) is 117 Å². The molecule has 0 heterocycles. The van der Waals surface area contributed by atoms with E-state index in [0.29, 0.717) is 0 Å². The summed E-state index contributed by atoms with van der Waals surface area (Å²) in [6.45, 7) is 6.76. The predicted molar refractivity (Wildman–Crippen MR) is 141 cm³/mol. The summed E-state index contributed by atoms with van der Waals surface area (Å²) in [6.07, 6.45) is 3.46. The molecule has 1 unspecified atom stereocenters. The van der Waals surface area contributed by atoms with Crippen molar-refractivity contribution in [1.29, 1.82) is 0 Å². The van der Waals surface area contributed by atoms with Crippen molar-refractivity contribution >= 4 is 38.0 Å². The van der Waals surface area contributed by atoms with Crippen LogP contribution in [-0.2, 0) is 5.54 Å². The van der Waals surface area contributed by atoms with Crippen molar-refractivity contribution in [3.8, 4) is 0 Å². The molecule has 5 rings (SSSR count). The molecule has 0 radical (unpaired) electrons. The Hall–Kier alpha value is -3.32. The maximum absolute atomic E-state index is 3.88. The highest BCUT2D eigenvalue weighted by Crippen LogP contribution is 2.39. The van der Waals surface area contributed by atoms with Crippen LogP contribution in [0, 0.1) is 6.92 Å². The van der Waals surface area contributed by atoms with Gasteiger partial charge in [-0.1, -0.05) is 98.1 Å². The lowest BCUT2D eigenvalue weighted by atomic mass is 9.84. The van der Waals surface area contributed by atoms with Gasteiger partial charge < -0.3 is 5.32 Å². The zero-order valence-corrected chi connectivity index (χ0v) is 19.3. The summed E-state index contributed by atoms with van der Waals surface area (Å²) >= 11 is 0. The molecule has 160 valence electrons. The summed E-state index contributed by atoms with van der Waals surface area (Å²) in [5.74, 6) is 0. The second-order valence-corrected chi connectivity index (χ2v) is 9.28. The minimum absolute atomic E-state index is 0.133. The molecular weight excluding hydrogens is 386 g/mol. The van der Waals surface area contributed by atoms with E-state index in [1.807, 2.05) is 0 Å². The third-order valence-corrected chi connectivity index (χ3v) is 6.88. The smallest absolute Gasteiger partial charge is 0.0597 e. The first-order valence-corrected chi connectivity index (χ1v) is 11.8. The van der Waals surface area contributed by atoms with Crippen LogP contribution in [0.15, 0.2) is 91.0 Å². The Morgan fingerprint density at radius 1 is 0.656 bits per heavy atom. The van der Waals surface area contributed by atoms with Gasteiger partial charge in [-0.3, -0.25) is 0 Å². The molecule has 0 saturated heterocycles.